The number of aryl methyl sites for hydroxylation is 2. The van der Waals surface area contributed by atoms with Gasteiger partial charge in [0, 0.05) is 13.6 Å². The van der Waals surface area contributed by atoms with Crippen molar-refractivity contribution in [2.45, 2.75) is 26.9 Å². The molecule has 3 aromatic rings. The van der Waals surface area contributed by atoms with Crippen molar-refractivity contribution in [2.24, 2.45) is 4.99 Å². The predicted molar refractivity (Wildman–Crippen MR) is 112 cm³/mol. The molecule has 0 spiro atoms. The maximum atomic E-state index is 5.57. The van der Waals surface area contributed by atoms with Crippen LogP contribution in [-0.2, 0) is 13.1 Å². The minimum atomic E-state index is 0. The molecule has 0 saturated heterocycles. The van der Waals surface area contributed by atoms with Crippen LogP contribution in [0.4, 0.5) is 0 Å². The number of rotatable bonds is 4. The maximum Gasteiger partial charge on any atom is 0.214 e. The van der Waals surface area contributed by atoms with Crippen molar-refractivity contribution in [1.29, 1.82) is 0 Å². The second kappa shape index (κ2) is 8.84. The van der Waals surface area contributed by atoms with Crippen LogP contribution in [0.2, 0.25) is 0 Å². The first kappa shape index (κ1) is 19.2. The second-order valence-electron chi connectivity index (χ2n) is 5.67. The van der Waals surface area contributed by atoms with Crippen LogP contribution in [0.3, 0.4) is 0 Å². The third kappa shape index (κ3) is 4.72. The summed E-state index contributed by atoms with van der Waals surface area (Å²) in [6, 6.07) is 14.7. The summed E-state index contributed by atoms with van der Waals surface area (Å²) in [5.41, 5.74) is 2.16. The summed E-state index contributed by atoms with van der Waals surface area (Å²) in [7, 11) is 1.75. The summed E-state index contributed by atoms with van der Waals surface area (Å²) in [6.07, 6.45) is 0. The summed E-state index contributed by atoms with van der Waals surface area (Å²) in [5, 5.41) is 9.06. The minimum absolute atomic E-state index is 0. The van der Waals surface area contributed by atoms with E-state index in [1.54, 1.807) is 7.05 Å². The molecule has 132 valence electrons. The maximum absolute atomic E-state index is 5.57. The zero-order valence-corrected chi connectivity index (χ0v) is 17.0. The number of nitrogens with zero attached hydrogens (tertiary/aromatic N) is 2. The van der Waals surface area contributed by atoms with E-state index in [1.807, 2.05) is 13.8 Å². The lowest BCUT2D eigenvalue weighted by atomic mass is 10.0. The van der Waals surface area contributed by atoms with Crippen molar-refractivity contribution in [2.75, 3.05) is 7.05 Å². The summed E-state index contributed by atoms with van der Waals surface area (Å²) in [5.74, 6) is 2.24. The molecular formula is C19H23IN4O. The van der Waals surface area contributed by atoms with Crippen LogP contribution in [0, 0.1) is 13.8 Å². The average molecular weight is 450 g/mol. The summed E-state index contributed by atoms with van der Waals surface area (Å²) in [6.45, 7) is 5.06. The van der Waals surface area contributed by atoms with Crippen molar-refractivity contribution in [3.8, 4) is 0 Å². The Hall–Kier alpha value is -2.09. The fourth-order valence-corrected chi connectivity index (χ4v) is 2.62. The Labute approximate surface area is 165 Å². The number of fused-ring (bicyclic) bond motifs is 1. The number of oxazole rings is 1. The van der Waals surface area contributed by atoms with E-state index in [1.165, 1.54) is 16.3 Å². The van der Waals surface area contributed by atoms with E-state index in [9.17, 15) is 0 Å². The second-order valence-corrected chi connectivity index (χ2v) is 5.67. The van der Waals surface area contributed by atoms with Crippen LogP contribution in [0.15, 0.2) is 51.9 Å². The number of hydrogen-bond donors (Lipinski definition) is 2. The van der Waals surface area contributed by atoms with Crippen molar-refractivity contribution in [3.63, 3.8) is 0 Å². The third-order valence-corrected chi connectivity index (χ3v) is 4.03. The van der Waals surface area contributed by atoms with Gasteiger partial charge >= 0.3 is 0 Å². The highest BCUT2D eigenvalue weighted by atomic mass is 127. The molecule has 0 fully saturated rings. The fourth-order valence-electron chi connectivity index (χ4n) is 2.62. The van der Waals surface area contributed by atoms with Crippen molar-refractivity contribution in [1.82, 2.24) is 15.6 Å². The zero-order chi connectivity index (χ0) is 16.9. The molecule has 0 saturated carbocycles. The van der Waals surface area contributed by atoms with Gasteiger partial charge in [0.05, 0.1) is 12.2 Å². The molecule has 0 amide bonds. The van der Waals surface area contributed by atoms with Crippen LogP contribution in [0.1, 0.15) is 22.9 Å². The Balaban J connectivity index is 0.00000225. The number of aliphatic imine (C=N–C) groups is 1. The summed E-state index contributed by atoms with van der Waals surface area (Å²) < 4.78 is 5.57. The van der Waals surface area contributed by atoms with Gasteiger partial charge in [-0.15, -0.1) is 24.0 Å². The summed E-state index contributed by atoms with van der Waals surface area (Å²) in [4.78, 5) is 8.62. The van der Waals surface area contributed by atoms with Gasteiger partial charge < -0.3 is 15.1 Å². The molecule has 2 aromatic carbocycles. The van der Waals surface area contributed by atoms with Crippen molar-refractivity contribution < 1.29 is 4.42 Å². The first-order chi connectivity index (χ1) is 11.7. The van der Waals surface area contributed by atoms with Gasteiger partial charge in [0.1, 0.15) is 5.76 Å². The largest absolute Gasteiger partial charge is 0.444 e. The smallest absolute Gasteiger partial charge is 0.214 e. The van der Waals surface area contributed by atoms with Gasteiger partial charge in [0.2, 0.25) is 5.89 Å². The fraction of sp³-hybridized carbons (Fsp3) is 0.263. The molecule has 0 atom stereocenters. The predicted octanol–water partition coefficient (Wildman–Crippen LogP) is 3.93. The highest BCUT2D eigenvalue weighted by molar-refractivity contribution is 14.0. The Morgan fingerprint density at radius 1 is 1.04 bits per heavy atom. The van der Waals surface area contributed by atoms with Crippen LogP contribution >= 0.6 is 24.0 Å². The van der Waals surface area contributed by atoms with Gasteiger partial charge in [0.25, 0.3) is 0 Å². The van der Waals surface area contributed by atoms with Gasteiger partial charge in [-0.2, -0.15) is 0 Å². The van der Waals surface area contributed by atoms with Crippen molar-refractivity contribution in [3.05, 3.63) is 65.4 Å². The molecule has 25 heavy (non-hydrogen) atoms. The number of nitrogens with one attached hydrogen (secondary N) is 2. The molecule has 0 bridgehead atoms. The first-order valence-corrected chi connectivity index (χ1v) is 8.01. The van der Waals surface area contributed by atoms with Gasteiger partial charge in [-0.25, -0.2) is 4.98 Å². The number of halogens is 1. The number of aromatic nitrogens is 1. The molecule has 1 aromatic heterocycles. The standard InChI is InChI=1S/C19H22N4O.HI/c1-13-14(2)24-18(23-13)12-22-19(20-3)21-11-16-9-6-8-15-7-4-5-10-17(15)16;/h4-10H,11-12H2,1-3H3,(H2,20,21,22);1H. The zero-order valence-electron chi connectivity index (χ0n) is 14.7. The average Bonchev–Trinajstić information content (AvgIpc) is 2.93. The van der Waals surface area contributed by atoms with Crippen LogP contribution in [0.25, 0.3) is 10.8 Å². The van der Waals surface area contributed by atoms with Gasteiger partial charge in [0.15, 0.2) is 5.96 Å². The molecule has 0 radical (unpaired) electrons. The van der Waals surface area contributed by atoms with E-state index >= 15 is 0 Å². The van der Waals surface area contributed by atoms with E-state index in [0.717, 1.165) is 17.4 Å². The van der Waals surface area contributed by atoms with E-state index in [0.29, 0.717) is 19.0 Å². The molecule has 5 nitrogen and oxygen atoms in total. The van der Waals surface area contributed by atoms with E-state index in [2.05, 4.69) is 63.1 Å². The van der Waals surface area contributed by atoms with E-state index in [4.69, 9.17) is 4.42 Å². The Kier molecular flexibility index (Phi) is 6.81. The molecule has 6 heteroatoms. The van der Waals surface area contributed by atoms with Crippen LogP contribution < -0.4 is 10.6 Å². The quantitative estimate of drug-likeness (QED) is 0.359. The molecule has 1 heterocycles. The molecular weight excluding hydrogens is 427 g/mol. The van der Waals surface area contributed by atoms with Gasteiger partial charge in [-0.05, 0) is 30.2 Å². The van der Waals surface area contributed by atoms with Crippen LogP contribution in [0.5, 0.6) is 0 Å². The molecule has 2 N–H and O–H groups in total. The lowest BCUT2D eigenvalue weighted by Gasteiger charge is -2.12. The number of benzene rings is 2. The van der Waals surface area contributed by atoms with E-state index < -0.39 is 0 Å². The van der Waals surface area contributed by atoms with Gasteiger partial charge in [-0.3, -0.25) is 4.99 Å². The van der Waals surface area contributed by atoms with Crippen LogP contribution in [-0.4, -0.2) is 18.0 Å². The van der Waals surface area contributed by atoms with Crippen molar-refractivity contribution >= 4 is 40.7 Å². The van der Waals surface area contributed by atoms with Gasteiger partial charge in [-0.1, -0.05) is 42.5 Å². The molecule has 0 aliphatic rings. The Bertz CT molecular complexity index is 848. The third-order valence-electron chi connectivity index (χ3n) is 4.03. The topological polar surface area (TPSA) is 62.5 Å². The summed E-state index contributed by atoms with van der Waals surface area (Å²) >= 11 is 0. The highest BCUT2D eigenvalue weighted by Gasteiger charge is 2.07. The Morgan fingerprint density at radius 3 is 2.48 bits per heavy atom. The molecule has 0 aliphatic carbocycles. The minimum Gasteiger partial charge on any atom is -0.444 e. The van der Waals surface area contributed by atoms with E-state index in [-0.39, 0.29) is 24.0 Å². The monoisotopic (exact) mass is 450 g/mol. The number of guanidine groups is 1. The Morgan fingerprint density at radius 2 is 1.76 bits per heavy atom. The number of hydrogen-bond acceptors (Lipinski definition) is 3. The normalized spacial score (nSPS) is 11.2. The SMILES string of the molecule is CN=C(NCc1nc(C)c(C)o1)NCc1cccc2ccccc12.I. The molecule has 3 rings (SSSR count). The lowest BCUT2D eigenvalue weighted by Crippen LogP contribution is -2.36. The molecule has 0 unspecified atom stereocenters. The lowest BCUT2D eigenvalue weighted by molar-refractivity contribution is 0.463. The first-order valence-electron chi connectivity index (χ1n) is 8.01. The molecule has 0 aliphatic heterocycles. The highest BCUT2D eigenvalue weighted by Crippen LogP contribution is 2.18.